The summed E-state index contributed by atoms with van der Waals surface area (Å²) in [6.07, 6.45) is 2.62. The van der Waals surface area contributed by atoms with Crippen molar-refractivity contribution in [3.8, 4) is 11.1 Å². The van der Waals surface area contributed by atoms with Gasteiger partial charge in [0.05, 0.1) is 11.1 Å². The lowest BCUT2D eigenvalue weighted by atomic mass is 9.81. The zero-order valence-electron chi connectivity index (χ0n) is 28.5. The number of benzene rings is 4. The summed E-state index contributed by atoms with van der Waals surface area (Å²) in [7, 11) is 0. The van der Waals surface area contributed by atoms with E-state index < -0.39 is 0 Å². The summed E-state index contributed by atoms with van der Waals surface area (Å²) in [4.78, 5) is 27.6. The highest BCUT2D eigenvalue weighted by Gasteiger charge is 2.41. The molecule has 4 aromatic rings. The summed E-state index contributed by atoms with van der Waals surface area (Å²) in [5.74, 6) is -0.620. The molecule has 0 spiro atoms. The fourth-order valence-corrected chi connectivity index (χ4v) is 8.50. The third-order valence-corrected chi connectivity index (χ3v) is 9.41. The number of rotatable bonds is 5. The van der Waals surface area contributed by atoms with Crippen molar-refractivity contribution < 1.29 is 19.1 Å². The topological polar surface area (TPSA) is 76.7 Å². The SMILES string of the molecule is CC1(C)CC(OC(=O)c2ccc(-c3cccc4cccc(C(=O)OC5CC(C)(C)NC(C)(C)C5)c34)c3ccccc23)CC(C)(C)N1. The molecule has 46 heavy (non-hydrogen) atoms. The summed E-state index contributed by atoms with van der Waals surface area (Å²) in [5, 5.41) is 10.9. The lowest BCUT2D eigenvalue weighted by Gasteiger charge is -2.45. The number of nitrogens with one attached hydrogen (secondary N) is 2. The van der Waals surface area contributed by atoms with E-state index in [9.17, 15) is 9.59 Å². The quantitative estimate of drug-likeness (QED) is 0.218. The lowest BCUT2D eigenvalue weighted by molar-refractivity contribution is -0.00748. The molecular formula is C40H48N2O4. The molecule has 0 aromatic heterocycles. The minimum Gasteiger partial charge on any atom is -0.459 e. The maximum Gasteiger partial charge on any atom is 0.339 e. The van der Waals surface area contributed by atoms with Crippen molar-refractivity contribution in [3.05, 3.63) is 83.9 Å². The van der Waals surface area contributed by atoms with Crippen LogP contribution in [-0.2, 0) is 9.47 Å². The molecule has 4 aromatic carbocycles. The van der Waals surface area contributed by atoms with Crippen molar-refractivity contribution in [2.24, 2.45) is 0 Å². The maximum atomic E-state index is 13.9. The first-order valence-electron chi connectivity index (χ1n) is 16.6. The molecule has 2 saturated heterocycles. The summed E-state index contributed by atoms with van der Waals surface area (Å²) >= 11 is 0. The minimum atomic E-state index is -0.311. The second kappa shape index (κ2) is 11.5. The van der Waals surface area contributed by atoms with E-state index in [-0.39, 0.29) is 46.3 Å². The van der Waals surface area contributed by atoms with Crippen molar-refractivity contribution in [2.45, 2.75) is 115 Å². The number of ether oxygens (including phenoxy) is 2. The van der Waals surface area contributed by atoms with Crippen molar-refractivity contribution in [1.82, 2.24) is 10.6 Å². The fraction of sp³-hybridized carbons (Fsp3) is 0.450. The van der Waals surface area contributed by atoms with Gasteiger partial charge in [-0.1, -0.05) is 60.7 Å². The zero-order chi connectivity index (χ0) is 33.1. The zero-order valence-corrected chi connectivity index (χ0v) is 28.5. The Balaban J connectivity index is 1.37. The molecule has 6 rings (SSSR count). The van der Waals surface area contributed by atoms with E-state index in [2.05, 4.69) is 72.1 Å². The van der Waals surface area contributed by atoms with Crippen LogP contribution in [0, 0.1) is 0 Å². The Labute approximate surface area is 273 Å². The maximum absolute atomic E-state index is 13.9. The van der Waals surface area contributed by atoms with Crippen LogP contribution in [0.5, 0.6) is 0 Å². The molecule has 2 fully saturated rings. The number of carbonyl (C=O) groups is 2. The third kappa shape index (κ3) is 6.70. The Hall–Kier alpha value is -3.74. The van der Waals surface area contributed by atoms with Crippen LogP contribution in [0.1, 0.15) is 102 Å². The highest BCUT2D eigenvalue weighted by Crippen LogP contribution is 2.39. The van der Waals surface area contributed by atoms with Crippen molar-refractivity contribution >= 4 is 33.5 Å². The number of hydrogen-bond donors (Lipinski definition) is 2. The van der Waals surface area contributed by atoms with Crippen LogP contribution >= 0.6 is 0 Å². The Morgan fingerprint density at radius 1 is 0.543 bits per heavy atom. The van der Waals surface area contributed by atoms with E-state index in [1.165, 1.54) is 0 Å². The van der Waals surface area contributed by atoms with Gasteiger partial charge in [0.25, 0.3) is 0 Å². The van der Waals surface area contributed by atoms with Crippen molar-refractivity contribution in [3.63, 3.8) is 0 Å². The molecule has 2 aliphatic rings. The predicted molar refractivity (Wildman–Crippen MR) is 186 cm³/mol. The van der Waals surface area contributed by atoms with Gasteiger partial charge < -0.3 is 20.1 Å². The number of esters is 2. The van der Waals surface area contributed by atoms with Gasteiger partial charge in [0.15, 0.2) is 0 Å². The first-order valence-corrected chi connectivity index (χ1v) is 16.6. The Morgan fingerprint density at radius 3 is 1.57 bits per heavy atom. The average molecular weight is 621 g/mol. The molecule has 0 radical (unpaired) electrons. The highest BCUT2D eigenvalue weighted by atomic mass is 16.5. The molecule has 2 N–H and O–H groups in total. The molecule has 0 aliphatic carbocycles. The second-order valence-corrected chi connectivity index (χ2v) is 16.1. The Morgan fingerprint density at radius 2 is 1.02 bits per heavy atom. The van der Waals surface area contributed by atoms with Crippen molar-refractivity contribution in [1.29, 1.82) is 0 Å². The van der Waals surface area contributed by atoms with E-state index in [0.717, 1.165) is 58.4 Å². The van der Waals surface area contributed by atoms with Gasteiger partial charge in [-0.25, -0.2) is 9.59 Å². The normalized spacial score (nSPS) is 20.8. The van der Waals surface area contributed by atoms with Crippen LogP contribution in [0.25, 0.3) is 32.7 Å². The Kier molecular flexibility index (Phi) is 8.05. The van der Waals surface area contributed by atoms with Crippen LogP contribution < -0.4 is 10.6 Å². The fourth-order valence-electron chi connectivity index (χ4n) is 8.50. The number of carbonyl (C=O) groups excluding carboxylic acids is 2. The molecule has 6 nitrogen and oxygen atoms in total. The summed E-state index contributed by atoms with van der Waals surface area (Å²) in [5.41, 5.74) is 2.42. The first-order chi connectivity index (χ1) is 21.5. The number of piperidine rings is 2. The largest absolute Gasteiger partial charge is 0.459 e. The molecule has 2 heterocycles. The molecule has 242 valence electrons. The summed E-state index contributed by atoms with van der Waals surface area (Å²) in [6, 6.07) is 23.7. The summed E-state index contributed by atoms with van der Waals surface area (Å²) < 4.78 is 12.4. The standard InChI is InChI=1S/C40H48N2O4/c1-37(2)21-26(22-38(3,4)41-37)45-35(43)32-20-19-30(28-15-9-10-16-29(28)32)31-17-11-13-25-14-12-18-33(34(25)31)36(44)46-27-23-39(5,6)42-40(7,8)24-27/h9-20,26-27,41-42H,21-24H2,1-8H3. The molecule has 6 heteroatoms. The van der Waals surface area contributed by atoms with E-state index >= 15 is 0 Å². The molecular weight excluding hydrogens is 572 g/mol. The number of hydrogen-bond acceptors (Lipinski definition) is 6. The van der Waals surface area contributed by atoms with E-state index in [4.69, 9.17) is 9.47 Å². The van der Waals surface area contributed by atoms with Crippen LogP contribution in [0.15, 0.2) is 72.8 Å². The molecule has 0 amide bonds. The van der Waals surface area contributed by atoms with Gasteiger partial charge in [-0.15, -0.1) is 0 Å². The smallest absolute Gasteiger partial charge is 0.339 e. The van der Waals surface area contributed by atoms with Gasteiger partial charge in [0, 0.05) is 53.2 Å². The van der Waals surface area contributed by atoms with Gasteiger partial charge in [0.1, 0.15) is 12.2 Å². The third-order valence-electron chi connectivity index (χ3n) is 9.41. The van der Waals surface area contributed by atoms with Crippen LogP contribution in [0.2, 0.25) is 0 Å². The van der Waals surface area contributed by atoms with E-state index in [0.29, 0.717) is 11.1 Å². The van der Waals surface area contributed by atoms with Gasteiger partial charge in [0.2, 0.25) is 0 Å². The monoisotopic (exact) mass is 620 g/mol. The van der Waals surface area contributed by atoms with Crippen LogP contribution in [0.3, 0.4) is 0 Å². The van der Waals surface area contributed by atoms with E-state index in [1.54, 1.807) is 0 Å². The molecule has 0 unspecified atom stereocenters. The minimum absolute atomic E-state index is 0.133. The van der Waals surface area contributed by atoms with Gasteiger partial charge in [-0.3, -0.25) is 0 Å². The lowest BCUT2D eigenvalue weighted by Crippen LogP contribution is -2.59. The average Bonchev–Trinajstić information content (AvgIpc) is 2.92. The highest BCUT2D eigenvalue weighted by molar-refractivity contribution is 6.15. The molecule has 0 bridgehead atoms. The molecule has 0 saturated carbocycles. The van der Waals surface area contributed by atoms with Crippen LogP contribution in [0.4, 0.5) is 0 Å². The van der Waals surface area contributed by atoms with Gasteiger partial charge in [-0.05, 0) is 94.8 Å². The van der Waals surface area contributed by atoms with Gasteiger partial charge >= 0.3 is 11.9 Å². The predicted octanol–water partition coefficient (Wildman–Crippen LogP) is 8.59. The molecule has 2 aliphatic heterocycles. The first kappa shape index (κ1) is 32.2. The Bertz CT molecular complexity index is 1780. The van der Waals surface area contributed by atoms with Crippen molar-refractivity contribution in [2.75, 3.05) is 0 Å². The second-order valence-electron chi connectivity index (χ2n) is 16.1. The number of fused-ring (bicyclic) bond motifs is 2. The molecule has 0 atom stereocenters. The summed E-state index contributed by atoms with van der Waals surface area (Å²) in [6.45, 7) is 17.2. The van der Waals surface area contributed by atoms with Crippen LogP contribution in [-0.4, -0.2) is 46.3 Å². The van der Waals surface area contributed by atoms with E-state index in [1.807, 2.05) is 66.7 Å². The van der Waals surface area contributed by atoms with Gasteiger partial charge in [-0.2, -0.15) is 0 Å².